The van der Waals surface area contributed by atoms with Crippen LogP contribution in [-0.2, 0) is 6.42 Å². The van der Waals surface area contributed by atoms with E-state index in [-0.39, 0.29) is 4.83 Å². The predicted molar refractivity (Wildman–Crippen MR) is 41.9 cm³/mol. The van der Waals surface area contributed by atoms with Crippen molar-refractivity contribution in [3.63, 3.8) is 0 Å². The van der Waals surface area contributed by atoms with Gasteiger partial charge in [-0.25, -0.2) is 4.79 Å². The first-order valence-corrected chi connectivity index (χ1v) is 4.45. The van der Waals surface area contributed by atoms with Crippen LogP contribution in [0.15, 0.2) is 13.6 Å². The van der Waals surface area contributed by atoms with E-state index in [0.717, 1.165) is 19.3 Å². The van der Waals surface area contributed by atoms with E-state index in [2.05, 4.69) is 15.9 Å². The van der Waals surface area contributed by atoms with Crippen LogP contribution in [0, 0.1) is 0 Å². The minimum Gasteiger partial charge on any atom is -0.396 e. The Morgan fingerprint density at radius 2 is 2.27 bits per heavy atom. The summed E-state index contributed by atoms with van der Waals surface area (Å²) in [6, 6.07) is 0. The minimum atomic E-state index is -0.582. The molecule has 0 fully saturated rings. The van der Waals surface area contributed by atoms with Gasteiger partial charge in [-0.1, -0.05) is 15.9 Å². The van der Waals surface area contributed by atoms with E-state index in [1.807, 2.05) is 0 Å². The third-order valence-corrected chi connectivity index (χ3v) is 2.69. The Hall–Kier alpha value is -0.510. The summed E-state index contributed by atoms with van der Waals surface area (Å²) in [5.41, 5.74) is 0. The maximum absolute atomic E-state index is 10.6. The van der Waals surface area contributed by atoms with Gasteiger partial charge in [-0.15, -0.1) is 0 Å². The Bertz CT molecular complexity index is 312. The molecule has 0 N–H and O–H groups in total. The van der Waals surface area contributed by atoms with Crippen molar-refractivity contribution < 1.29 is 8.83 Å². The van der Waals surface area contributed by atoms with Crippen LogP contribution in [-0.4, -0.2) is 0 Å². The first-order chi connectivity index (χ1) is 5.27. The van der Waals surface area contributed by atoms with Crippen molar-refractivity contribution in [3.8, 4) is 0 Å². The molecule has 4 heteroatoms. The molecule has 0 radical (unpaired) electrons. The van der Waals surface area contributed by atoms with Crippen LogP contribution in [0.4, 0.5) is 0 Å². The lowest BCUT2D eigenvalue weighted by Gasteiger charge is -2.11. The summed E-state index contributed by atoms with van der Waals surface area (Å²) in [6.07, 6.45) is 2.88. The molecule has 1 aromatic rings. The smallest absolute Gasteiger partial charge is 0.396 e. The zero-order valence-electron chi connectivity index (χ0n) is 5.80. The molecule has 2 rings (SSSR count). The third kappa shape index (κ3) is 1.15. The second-order valence-electron chi connectivity index (χ2n) is 2.60. The van der Waals surface area contributed by atoms with Gasteiger partial charge < -0.3 is 8.83 Å². The average Bonchev–Trinajstić information content (AvgIpc) is 2.31. The molecule has 0 aliphatic heterocycles. The van der Waals surface area contributed by atoms with E-state index in [0.29, 0.717) is 11.5 Å². The Kier molecular flexibility index (Phi) is 1.64. The fourth-order valence-corrected chi connectivity index (χ4v) is 1.98. The normalized spacial score (nSPS) is 23.2. The zero-order chi connectivity index (χ0) is 7.84. The lowest BCUT2D eigenvalue weighted by Crippen LogP contribution is -2.00. The lowest BCUT2D eigenvalue weighted by molar-refractivity contribution is 0.369. The van der Waals surface area contributed by atoms with Crippen molar-refractivity contribution in [2.24, 2.45) is 0 Å². The van der Waals surface area contributed by atoms with Crippen molar-refractivity contribution >= 4 is 15.9 Å². The largest absolute Gasteiger partial charge is 0.519 e. The van der Waals surface area contributed by atoms with E-state index >= 15 is 0 Å². The van der Waals surface area contributed by atoms with Crippen molar-refractivity contribution in [1.82, 2.24) is 0 Å². The lowest BCUT2D eigenvalue weighted by atomic mass is 10.0. The Morgan fingerprint density at radius 1 is 1.45 bits per heavy atom. The van der Waals surface area contributed by atoms with E-state index in [9.17, 15) is 4.79 Å². The summed E-state index contributed by atoms with van der Waals surface area (Å²) in [6.45, 7) is 0. The molecule has 1 aliphatic rings. The van der Waals surface area contributed by atoms with E-state index in [1.54, 1.807) is 0 Å². The molecular formula is C7H7BrO3. The van der Waals surface area contributed by atoms with E-state index in [4.69, 9.17) is 8.83 Å². The van der Waals surface area contributed by atoms with Crippen molar-refractivity contribution in [2.75, 3.05) is 0 Å². The fraction of sp³-hybridized carbons (Fsp3) is 0.571. The zero-order valence-corrected chi connectivity index (χ0v) is 7.39. The van der Waals surface area contributed by atoms with Crippen LogP contribution in [0.2, 0.25) is 0 Å². The molecule has 0 aromatic carbocycles. The van der Waals surface area contributed by atoms with Gasteiger partial charge in [0, 0.05) is 6.42 Å². The summed E-state index contributed by atoms with van der Waals surface area (Å²) >= 11 is 3.41. The van der Waals surface area contributed by atoms with Crippen LogP contribution in [0.3, 0.4) is 0 Å². The molecule has 0 bridgehead atoms. The number of halogens is 1. The summed E-state index contributed by atoms with van der Waals surface area (Å²) in [5, 5.41) is 0. The summed E-state index contributed by atoms with van der Waals surface area (Å²) in [7, 11) is 0. The SMILES string of the molecule is O=c1oc2c(o1)C(Br)CCC2. The fourth-order valence-electron chi connectivity index (χ4n) is 1.30. The molecule has 1 atom stereocenters. The van der Waals surface area contributed by atoms with Gasteiger partial charge in [-0.2, -0.15) is 0 Å². The molecular weight excluding hydrogens is 212 g/mol. The quantitative estimate of drug-likeness (QED) is 0.626. The van der Waals surface area contributed by atoms with Gasteiger partial charge in [0.25, 0.3) is 0 Å². The molecule has 60 valence electrons. The molecule has 11 heavy (non-hydrogen) atoms. The molecule has 0 saturated heterocycles. The first-order valence-electron chi connectivity index (χ1n) is 3.54. The Morgan fingerprint density at radius 3 is 3.00 bits per heavy atom. The van der Waals surface area contributed by atoms with Crippen molar-refractivity contribution in [2.45, 2.75) is 24.1 Å². The van der Waals surface area contributed by atoms with Crippen LogP contribution in [0.1, 0.15) is 29.2 Å². The van der Waals surface area contributed by atoms with Crippen LogP contribution >= 0.6 is 15.9 Å². The maximum atomic E-state index is 10.6. The maximum Gasteiger partial charge on any atom is 0.519 e. The monoisotopic (exact) mass is 218 g/mol. The number of rotatable bonds is 0. The van der Waals surface area contributed by atoms with Gasteiger partial charge in [-0.05, 0) is 12.8 Å². The van der Waals surface area contributed by atoms with Gasteiger partial charge >= 0.3 is 5.82 Å². The number of hydrogen-bond donors (Lipinski definition) is 0. The van der Waals surface area contributed by atoms with Crippen LogP contribution in [0.5, 0.6) is 0 Å². The summed E-state index contributed by atoms with van der Waals surface area (Å²) in [4.78, 5) is 10.8. The highest BCUT2D eigenvalue weighted by molar-refractivity contribution is 9.09. The molecule has 0 amide bonds. The van der Waals surface area contributed by atoms with Crippen LogP contribution in [0.25, 0.3) is 0 Å². The van der Waals surface area contributed by atoms with Gasteiger partial charge in [0.1, 0.15) is 0 Å². The molecule has 1 aliphatic carbocycles. The molecule has 1 aromatic heterocycles. The van der Waals surface area contributed by atoms with Crippen molar-refractivity contribution in [1.29, 1.82) is 0 Å². The second kappa shape index (κ2) is 2.52. The number of alkyl halides is 1. The topological polar surface area (TPSA) is 43.4 Å². The molecule has 0 spiro atoms. The Balaban J connectivity index is 2.52. The van der Waals surface area contributed by atoms with Gasteiger partial charge in [0.2, 0.25) is 0 Å². The third-order valence-electron chi connectivity index (χ3n) is 1.82. The van der Waals surface area contributed by atoms with E-state index < -0.39 is 5.82 Å². The standard InChI is InChI=1S/C7H7BrO3/c8-4-2-1-3-5-6(4)11-7(9)10-5/h4H,1-3H2. The second-order valence-corrected chi connectivity index (χ2v) is 3.71. The van der Waals surface area contributed by atoms with Gasteiger partial charge in [0.05, 0.1) is 4.83 Å². The minimum absolute atomic E-state index is 0.165. The highest BCUT2D eigenvalue weighted by Gasteiger charge is 2.24. The highest BCUT2D eigenvalue weighted by Crippen LogP contribution is 2.35. The van der Waals surface area contributed by atoms with Gasteiger partial charge in [0.15, 0.2) is 11.5 Å². The summed E-state index contributed by atoms with van der Waals surface area (Å²) in [5.74, 6) is 0.811. The van der Waals surface area contributed by atoms with Crippen molar-refractivity contribution in [3.05, 3.63) is 22.1 Å². The Labute approximate surface area is 71.5 Å². The predicted octanol–water partition coefficient (Wildman–Crippen LogP) is 2.01. The number of fused-ring (bicyclic) bond motifs is 1. The summed E-state index contributed by atoms with van der Waals surface area (Å²) < 4.78 is 9.67. The first kappa shape index (κ1) is 7.16. The average molecular weight is 219 g/mol. The molecule has 0 saturated carbocycles. The number of hydrogen-bond acceptors (Lipinski definition) is 3. The number of aryl methyl sites for hydroxylation is 1. The highest BCUT2D eigenvalue weighted by atomic mass is 79.9. The molecule has 1 unspecified atom stereocenters. The van der Waals surface area contributed by atoms with E-state index in [1.165, 1.54) is 0 Å². The van der Waals surface area contributed by atoms with Gasteiger partial charge in [-0.3, -0.25) is 0 Å². The molecule has 3 nitrogen and oxygen atoms in total. The molecule has 1 heterocycles. The van der Waals surface area contributed by atoms with Crippen LogP contribution < -0.4 is 5.82 Å².